The van der Waals surface area contributed by atoms with Crippen LogP contribution in [0.15, 0.2) is 12.3 Å². The lowest BCUT2D eigenvalue weighted by molar-refractivity contribution is -0.138. The highest BCUT2D eigenvalue weighted by Crippen LogP contribution is 2.02. The Morgan fingerprint density at radius 3 is 2.53 bits per heavy atom. The molecule has 0 amide bonds. The lowest BCUT2D eigenvalue weighted by atomic mass is 10.1. The standard InChI is InChI=1S/C10H17NO4/c1-7(12)8(2)15-6-4-3-5-9(11)10(13)14/h9H,2-6,11H2,1H3,(H,13,14). The van der Waals surface area contributed by atoms with E-state index < -0.39 is 12.0 Å². The summed E-state index contributed by atoms with van der Waals surface area (Å²) in [6, 6.07) is -0.819. The molecule has 0 aromatic heterocycles. The number of unbranched alkanes of at least 4 members (excludes halogenated alkanes) is 1. The van der Waals surface area contributed by atoms with E-state index in [2.05, 4.69) is 6.58 Å². The maximum Gasteiger partial charge on any atom is 0.320 e. The third-order valence-electron chi connectivity index (χ3n) is 1.90. The monoisotopic (exact) mass is 215 g/mol. The van der Waals surface area contributed by atoms with Gasteiger partial charge in [0.05, 0.1) is 6.61 Å². The molecular weight excluding hydrogens is 198 g/mol. The third kappa shape index (κ3) is 6.68. The van der Waals surface area contributed by atoms with Gasteiger partial charge in [-0.2, -0.15) is 0 Å². The number of carboxylic acid groups (broad SMARTS) is 1. The van der Waals surface area contributed by atoms with Gasteiger partial charge in [0.15, 0.2) is 11.5 Å². The molecule has 0 rings (SSSR count). The number of ketones is 1. The molecule has 86 valence electrons. The van der Waals surface area contributed by atoms with Crippen LogP contribution in [0.5, 0.6) is 0 Å². The van der Waals surface area contributed by atoms with Gasteiger partial charge in [0.25, 0.3) is 0 Å². The fraction of sp³-hybridized carbons (Fsp3) is 0.600. The zero-order valence-corrected chi connectivity index (χ0v) is 8.86. The number of rotatable bonds is 8. The van der Waals surface area contributed by atoms with Crippen molar-refractivity contribution in [2.24, 2.45) is 5.73 Å². The number of hydrogen-bond donors (Lipinski definition) is 2. The molecular formula is C10H17NO4. The van der Waals surface area contributed by atoms with Crippen molar-refractivity contribution >= 4 is 11.8 Å². The van der Waals surface area contributed by atoms with Crippen molar-refractivity contribution < 1.29 is 19.4 Å². The topological polar surface area (TPSA) is 89.6 Å². The summed E-state index contributed by atoms with van der Waals surface area (Å²) in [4.78, 5) is 21.0. The molecule has 15 heavy (non-hydrogen) atoms. The Bertz CT molecular complexity index is 250. The van der Waals surface area contributed by atoms with Gasteiger partial charge in [0.1, 0.15) is 6.04 Å². The first-order valence-electron chi connectivity index (χ1n) is 4.76. The molecule has 0 aliphatic rings. The van der Waals surface area contributed by atoms with E-state index in [0.717, 1.165) is 0 Å². The van der Waals surface area contributed by atoms with Gasteiger partial charge in [-0.05, 0) is 19.3 Å². The summed E-state index contributed by atoms with van der Waals surface area (Å²) >= 11 is 0. The van der Waals surface area contributed by atoms with Crippen LogP contribution < -0.4 is 5.73 Å². The predicted octanol–water partition coefficient (Wildman–Crippen LogP) is 0.688. The fourth-order valence-corrected chi connectivity index (χ4v) is 0.887. The van der Waals surface area contributed by atoms with Crippen LogP contribution in [0.1, 0.15) is 26.2 Å². The maximum atomic E-state index is 10.7. The second kappa shape index (κ2) is 7.00. The molecule has 3 N–H and O–H groups in total. The number of carboxylic acids is 1. The minimum Gasteiger partial charge on any atom is -0.491 e. The molecule has 1 atom stereocenters. The van der Waals surface area contributed by atoms with Crippen molar-refractivity contribution in [1.29, 1.82) is 0 Å². The molecule has 1 unspecified atom stereocenters. The largest absolute Gasteiger partial charge is 0.491 e. The first-order chi connectivity index (χ1) is 6.95. The van der Waals surface area contributed by atoms with Crippen molar-refractivity contribution in [2.45, 2.75) is 32.2 Å². The third-order valence-corrected chi connectivity index (χ3v) is 1.90. The predicted molar refractivity (Wildman–Crippen MR) is 55.2 cm³/mol. The number of Topliss-reactive ketones (excluding diaryl/α,β-unsaturated/α-hetero) is 1. The quantitative estimate of drug-likeness (QED) is 0.353. The Kier molecular flexibility index (Phi) is 6.37. The van der Waals surface area contributed by atoms with Gasteiger partial charge in [-0.25, -0.2) is 0 Å². The normalized spacial score (nSPS) is 11.9. The zero-order chi connectivity index (χ0) is 11.8. The molecule has 0 aromatic rings. The molecule has 5 nitrogen and oxygen atoms in total. The van der Waals surface area contributed by atoms with Crippen molar-refractivity contribution in [1.82, 2.24) is 0 Å². The van der Waals surface area contributed by atoms with Gasteiger partial charge >= 0.3 is 5.97 Å². The Morgan fingerprint density at radius 2 is 2.07 bits per heavy atom. The van der Waals surface area contributed by atoms with E-state index in [1.54, 1.807) is 0 Å². The van der Waals surface area contributed by atoms with Gasteiger partial charge < -0.3 is 15.6 Å². The lowest BCUT2D eigenvalue weighted by Crippen LogP contribution is -2.29. The van der Waals surface area contributed by atoms with Crippen LogP contribution in [0.3, 0.4) is 0 Å². The van der Waals surface area contributed by atoms with Crippen LogP contribution in [-0.2, 0) is 14.3 Å². The molecule has 0 radical (unpaired) electrons. The molecule has 0 aliphatic heterocycles. The number of aliphatic carboxylic acids is 1. The second-order valence-electron chi connectivity index (χ2n) is 3.27. The van der Waals surface area contributed by atoms with Crippen LogP contribution in [0.25, 0.3) is 0 Å². The molecule has 0 aromatic carbocycles. The summed E-state index contributed by atoms with van der Waals surface area (Å²) in [6.07, 6.45) is 1.72. The van der Waals surface area contributed by atoms with Gasteiger partial charge in [0, 0.05) is 6.92 Å². The van der Waals surface area contributed by atoms with Crippen molar-refractivity contribution in [3.63, 3.8) is 0 Å². The summed E-state index contributed by atoms with van der Waals surface area (Å²) in [5, 5.41) is 8.48. The fourth-order valence-electron chi connectivity index (χ4n) is 0.887. The SMILES string of the molecule is C=C(OCCCCC(N)C(=O)O)C(C)=O. The van der Waals surface area contributed by atoms with E-state index in [1.165, 1.54) is 6.92 Å². The Balaban J connectivity index is 3.44. The lowest BCUT2D eigenvalue weighted by Gasteiger charge is -2.07. The molecule has 0 aliphatic carbocycles. The maximum absolute atomic E-state index is 10.7. The van der Waals surface area contributed by atoms with Gasteiger partial charge in [-0.1, -0.05) is 6.58 Å². The highest BCUT2D eigenvalue weighted by molar-refractivity contribution is 5.90. The summed E-state index contributed by atoms with van der Waals surface area (Å²) in [6.45, 7) is 5.17. The van der Waals surface area contributed by atoms with Crippen LogP contribution in [-0.4, -0.2) is 29.5 Å². The van der Waals surface area contributed by atoms with Crippen LogP contribution >= 0.6 is 0 Å². The van der Waals surface area contributed by atoms with Crippen molar-refractivity contribution in [3.8, 4) is 0 Å². The van der Waals surface area contributed by atoms with E-state index >= 15 is 0 Å². The number of nitrogens with two attached hydrogens (primary N) is 1. The second-order valence-corrected chi connectivity index (χ2v) is 3.27. The van der Waals surface area contributed by atoms with Gasteiger partial charge in [-0.15, -0.1) is 0 Å². The molecule has 0 fully saturated rings. The highest BCUT2D eigenvalue weighted by Gasteiger charge is 2.10. The van der Waals surface area contributed by atoms with Gasteiger partial charge in [-0.3, -0.25) is 9.59 Å². The zero-order valence-electron chi connectivity index (χ0n) is 8.86. The average molecular weight is 215 g/mol. The van der Waals surface area contributed by atoms with E-state index in [4.69, 9.17) is 15.6 Å². The number of ether oxygens (including phenoxy) is 1. The Hall–Kier alpha value is -1.36. The molecule has 5 heteroatoms. The molecule has 0 saturated heterocycles. The summed E-state index contributed by atoms with van der Waals surface area (Å²) in [5.74, 6) is -1.06. The summed E-state index contributed by atoms with van der Waals surface area (Å²) in [7, 11) is 0. The van der Waals surface area contributed by atoms with Crippen molar-refractivity contribution in [2.75, 3.05) is 6.61 Å². The van der Waals surface area contributed by atoms with Crippen LogP contribution in [0.4, 0.5) is 0 Å². The first-order valence-corrected chi connectivity index (χ1v) is 4.76. The van der Waals surface area contributed by atoms with Crippen LogP contribution in [0.2, 0.25) is 0 Å². The van der Waals surface area contributed by atoms with E-state index in [-0.39, 0.29) is 11.5 Å². The number of carbonyl (C=O) groups excluding carboxylic acids is 1. The van der Waals surface area contributed by atoms with E-state index in [9.17, 15) is 9.59 Å². The smallest absolute Gasteiger partial charge is 0.320 e. The van der Waals surface area contributed by atoms with Crippen molar-refractivity contribution in [3.05, 3.63) is 12.3 Å². The van der Waals surface area contributed by atoms with E-state index in [1.807, 2.05) is 0 Å². The first kappa shape index (κ1) is 13.6. The number of hydrogen-bond acceptors (Lipinski definition) is 4. The molecule has 0 bridgehead atoms. The Morgan fingerprint density at radius 1 is 1.47 bits per heavy atom. The van der Waals surface area contributed by atoms with Gasteiger partial charge in [0.2, 0.25) is 0 Å². The summed E-state index contributed by atoms with van der Waals surface area (Å²) < 4.78 is 5.01. The number of allylic oxidation sites excluding steroid dienone is 1. The molecule has 0 saturated carbocycles. The minimum atomic E-state index is -0.996. The Labute approximate surface area is 88.9 Å². The van der Waals surface area contributed by atoms with Crippen LogP contribution in [0, 0.1) is 0 Å². The highest BCUT2D eigenvalue weighted by atomic mass is 16.5. The molecule has 0 spiro atoms. The minimum absolute atomic E-state index is 0.137. The average Bonchev–Trinajstić information content (AvgIpc) is 2.16. The number of carbonyl (C=O) groups is 2. The summed E-state index contributed by atoms with van der Waals surface area (Å²) in [5.41, 5.74) is 5.29. The van der Waals surface area contributed by atoms with E-state index in [0.29, 0.717) is 25.9 Å². The molecule has 0 heterocycles.